The molecule has 0 aliphatic rings. The molecule has 0 aliphatic heterocycles. The number of hydrogen-bond acceptors (Lipinski definition) is 3. The zero-order chi connectivity index (χ0) is 22.9. The van der Waals surface area contributed by atoms with Crippen molar-refractivity contribution in [1.29, 1.82) is 0 Å². The number of amides is 1. The SMILES string of the molecule is Cc1ccc(NC(=O)Cn2cc(S(=O)(=O)Cc3ccccc3F)c3ccccc32)cc1F. The first-order valence-electron chi connectivity index (χ1n) is 9.84. The van der Waals surface area contributed by atoms with Crippen LogP contribution in [0.4, 0.5) is 14.5 Å². The second-order valence-electron chi connectivity index (χ2n) is 7.50. The minimum atomic E-state index is -3.89. The van der Waals surface area contributed by atoms with Gasteiger partial charge in [0.15, 0.2) is 9.84 Å². The van der Waals surface area contributed by atoms with Gasteiger partial charge in [0.05, 0.1) is 10.6 Å². The number of hydrogen-bond donors (Lipinski definition) is 1. The van der Waals surface area contributed by atoms with Gasteiger partial charge in [0.25, 0.3) is 0 Å². The summed E-state index contributed by atoms with van der Waals surface area (Å²) in [4.78, 5) is 12.6. The number of para-hydroxylation sites is 1. The summed E-state index contributed by atoms with van der Waals surface area (Å²) in [5.41, 5.74) is 1.39. The van der Waals surface area contributed by atoms with Crippen molar-refractivity contribution in [3.8, 4) is 0 Å². The lowest BCUT2D eigenvalue weighted by Crippen LogP contribution is -2.18. The average molecular weight is 454 g/mol. The lowest BCUT2D eigenvalue weighted by Gasteiger charge is -2.08. The largest absolute Gasteiger partial charge is 0.337 e. The van der Waals surface area contributed by atoms with Crippen molar-refractivity contribution >= 4 is 32.3 Å². The van der Waals surface area contributed by atoms with E-state index < -0.39 is 33.1 Å². The van der Waals surface area contributed by atoms with Crippen molar-refractivity contribution in [1.82, 2.24) is 4.57 Å². The van der Waals surface area contributed by atoms with Crippen molar-refractivity contribution in [2.45, 2.75) is 24.1 Å². The Kier molecular flexibility index (Phi) is 5.80. The van der Waals surface area contributed by atoms with Crippen molar-refractivity contribution in [3.63, 3.8) is 0 Å². The highest BCUT2D eigenvalue weighted by Gasteiger charge is 2.23. The molecule has 0 unspecified atom stereocenters. The highest BCUT2D eigenvalue weighted by molar-refractivity contribution is 7.90. The van der Waals surface area contributed by atoms with E-state index in [1.165, 1.54) is 35.0 Å². The molecule has 164 valence electrons. The number of benzene rings is 3. The van der Waals surface area contributed by atoms with Crippen LogP contribution in [-0.4, -0.2) is 18.9 Å². The standard InChI is InChI=1S/C24H20F2N2O3S/c1-16-10-11-18(12-21(16)26)27-24(29)14-28-13-23(19-7-3-5-9-22(19)28)32(30,31)15-17-6-2-4-8-20(17)25/h2-13H,14-15H2,1H3,(H,27,29). The van der Waals surface area contributed by atoms with Gasteiger partial charge in [-0.1, -0.05) is 42.5 Å². The fourth-order valence-corrected chi connectivity index (χ4v) is 5.11. The number of carbonyl (C=O) groups is 1. The van der Waals surface area contributed by atoms with E-state index in [9.17, 15) is 22.0 Å². The maximum absolute atomic E-state index is 14.0. The van der Waals surface area contributed by atoms with Crippen LogP contribution in [0.15, 0.2) is 77.8 Å². The topological polar surface area (TPSA) is 68.2 Å². The van der Waals surface area contributed by atoms with E-state index in [0.29, 0.717) is 22.2 Å². The zero-order valence-corrected chi connectivity index (χ0v) is 18.0. The normalized spacial score (nSPS) is 11.6. The number of sulfone groups is 1. The van der Waals surface area contributed by atoms with Crippen LogP contribution in [0.2, 0.25) is 0 Å². The van der Waals surface area contributed by atoms with E-state index >= 15 is 0 Å². The van der Waals surface area contributed by atoms with Gasteiger partial charge in [0, 0.05) is 28.4 Å². The minimum absolute atomic E-state index is 0.0190. The highest BCUT2D eigenvalue weighted by atomic mass is 32.2. The van der Waals surface area contributed by atoms with E-state index in [4.69, 9.17) is 0 Å². The average Bonchev–Trinajstić information content (AvgIpc) is 3.12. The molecule has 1 N–H and O–H groups in total. The summed E-state index contributed by atoms with van der Waals surface area (Å²) in [5.74, 6) is -1.96. The van der Waals surface area contributed by atoms with Crippen LogP contribution >= 0.6 is 0 Å². The Hall–Kier alpha value is -3.52. The fourth-order valence-electron chi connectivity index (χ4n) is 3.52. The number of carbonyl (C=O) groups excluding carboxylic acids is 1. The van der Waals surface area contributed by atoms with Gasteiger partial charge in [-0.3, -0.25) is 4.79 Å². The molecule has 0 atom stereocenters. The molecular formula is C24H20F2N2O3S. The fraction of sp³-hybridized carbons (Fsp3) is 0.125. The molecule has 1 amide bonds. The summed E-state index contributed by atoms with van der Waals surface area (Å²) < 4.78 is 55.5. The molecule has 1 aromatic heterocycles. The molecule has 0 saturated heterocycles. The predicted octanol–water partition coefficient (Wildman–Crippen LogP) is 4.84. The van der Waals surface area contributed by atoms with Crippen molar-refractivity contribution in [3.05, 3.63) is 95.7 Å². The Labute approximate surface area is 184 Å². The zero-order valence-electron chi connectivity index (χ0n) is 17.2. The molecule has 8 heteroatoms. The van der Waals surface area contributed by atoms with Crippen LogP contribution in [-0.2, 0) is 26.9 Å². The van der Waals surface area contributed by atoms with E-state index in [0.717, 1.165) is 0 Å². The summed E-state index contributed by atoms with van der Waals surface area (Å²) in [7, 11) is -3.89. The number of rotatable bonds is 6. The summed E-state index contributed by atoms with van der Waals surface area (Å²) >= 11 is 0. The second-order valence-corrected chi connectivity index (χ2v) is 9.46. The van der Waals surface area contributed by atoms with Crippen LogP contribution in [0.25, 0.3) is 10.9 Å². The Bertz CT molecular complexity index is 1430. The molecule has 4 rings (SSSR count). The first kappa shape index (κ1) is 21.7. The summed E-state index contributed by atoms with van der Waals surface area (Å²) in [5, 5.41) is 3.06. The highest BCUT2D eigenvalue weighted by Crippen LogP contribution is 2.28. The molecule has 0 bridgehead atoms. The van der Waals surface area contributed by atoms with Crippen LogP contribution in [0, 0.1) is 18.6 Å². The van der Waals surface area contributed by atoms with Gasteiger partial charge in [0.2, 0.25) is 5.91 Å². The lowest BCUT2D eigenvalue weighted by atomic mass is 10.2. The lowest BCUT2D eigenvalue weighted by molar-refractivity contribution is -0.116. The third-order valence-corrected chi connectivity index (χ3v) is 6.85. The Morgan fingerprint density at radius 2 is 1.69 bits per heavy atom. The van der Waals surface area contributed by atoms with Crippen molar-refractivity contribution in [2.24, 2.45) is 0 Å². The van der Waals surface area contributed by atoms with Crippen LogP contribution in [0.3, 0.4) is 0 Å². The number of nitrogens with zero attached hydrogens (tertiary/aromatic N) is 1. The van der Waals surface area contributed by atoms with Crippen molar-refractivity contribution in [2.75, 3.05) is 5.32 Å². The molecule has 3 aromatic carbocycles. The molecule has 0 fully saturated rings. The molecule has 0 saturated carbocycles. The van der Waals surface area contributed by atoms with E-state index in [-0.39, 0.29) is 17.0 Å². The summed E-state index contributed by atoms with van der Waals surface area (Å²) in [6, 6.07) is 16.9. The van der Waals surface area contributed by atoms with E-state index in [1.807, 2.05) is 0 Å². The number of aromatic nitrogens is 1. The molecule has 5 nitrogen and oxygen atoms in total. The quantitative estimate of drug-likeness (QED) is 0.453. The number of fused-ring (bicyclic) bond motifs is 1. The number of nitrogens with one attached hydrogen (secondary N) is 1. The molecule has 32 heavy (non-hydrogen) atoms. The molecule has 1 heterocycles. The number of anilines is 1. The Morgan fingerprint density at radius 3 is 2.44 bits per heavy atom. The van der Waals surface area contributed by atoms with Gasteiger partial charge in [0.1, 0.15) is 18.2 Å². The molecular weight excluding hydrogens is 434 g/mol. The maximum Gasteiger partial charge on any atom is 0.244 e. The van der Waals surface area contributed by atoms with Gasteiger partial charge >= 0.3 is 0 Å². The summed E-state index contributed by atoms with van der Waals surface area (Å²) in [6.07, 6.45) is 1.39. The van der Waals surface area contributed by atoms with Gasteiger partial charge in [-0.2, -0.15) is 0 Å². The minimum Gasteiger partial charge on any atom is -0.337 e. The van der Waals surface area contributed by atoms with E-state index in [1.54, 1.807) is 49.4 Å². The number of aryl methyl sites for hydroxylation is 1. The van der Waals surface area contributed by atoms with Gasteiger partial charge < -0.3 is 9.88 Å². The molecule has 4 aromatic rings. The van der Waals surface area contributed by atoms with Crippen LogP contribution in [0.1, 0.15) is 11.1 Å². The summed E-state index contributed by atoms with van der Waals surface area (Å²) in [6.45, 7) is 1.45. The van der Waals surface area contributed by atoms with Crippen LogP contribution in [0.5, 0.6) is 0 Å². The maximum atomic E-state index is 14.0. The third-order valence-electron chi connectivity index (χ3n) is 5.16. The number of halogens is 2. The molecule has 0 spiro atoms. The van der Waals surface area contributed by atoms with Crippen LogP contribution < -0.4 is 5.32 Å². The first-order valence-corrected chi connectivity index (χ1v) is 11.5. The Balaban J connectivity index is 1.64. The predicted molar refractivity (Wildman–Crippen MR) is 119 cm³/mol. The van der Waals surface area contributed by atoms with E-state index in [2.05, 4.69) is 5.32 Å². The van der Waals surface area contributed by atoms with Gasteiger partial charge in [-0.25, -0.2) is 17.2 Å². The Morgan fingerprint density at radius 1 is 0.969 bits per heavy atom. The van der Waals surface area contributed by atoms with Crippen molar-refractivity contribution < 1.29 is 22.0 Å². The molecule has 0 radical (unpaired) electrons. The first-order chi connectivity index (χ1) is 15.2. The second kappa shape index (κ2) is 8.55. The third kappa shape index (κ3) is 4.40. The van der Waals surface area contributed by atoms with Gasteiger partial charge in [-0.15, -0.1) is 0 Å². The smallest absolute Gasteiger partial charge is 0.244 e. The monoisotopic (exact) mass is 454 g/mol. The van der Waals surface area contributed by atoms with Gasteiger partial charge in [-0.05, 0) is 36.8 Å². The molecule has 0 aliphatic carbocycles.